The molecule has 104 valence electrons. The van der Waals surface area contributed by atoms with Crippen LogP contribution in [0.25, 0.3) is 0 Å². The summed E-state index contributed by atoms with van der Waals surface area (Å²) >= 11 is 0. The Labute approximate surface area is 106 Å². The van der Waals surface area contributed by atoms with E-state index in [0.29, 0.717) is 0 Å². The number of halogens is 1. The molecule has 1 fully saturated rings. The predicted molar refractivity (Wildman–Crippen MR) is 59.7 cm³/mol. The highest BCUT2D eigenvalue weighted by molar-refractivity contribution is 5.68. The lowest BCUT2D eigenvalue weighted by atomic mass is 10.1. The van der Waals surface area contributed by atoms with Crippen LogP contribution in [0.15, 0.2) is 11.0 Å². The molecule has 9 heteroatoms. The highest BCUT2D eigenvalue weighted by Gasteiger charge is 2.42. The third-order valence-corrected chi connectivity index (χ3v) is 2.85. The molecule has 2 unspecified atom stereocenters. The molecule has 1 aromatic rings. The van der Waals surface area contributed by atoms with E-state index in [1.807, 2.05) is 5.32 Å². The van der Waals surface area contributed by atoms with Gasteiger partial charge in [0.05, 0.1) is 12.3 Å². The van der Waals surface area contributed by atoms with E-state index in [1.165, 1.54) is 6.92 Å². The Kier molecular flexibility index (Phi) is 3.60. The summed E-state index contributed by atoms with van der Waals surface area (Å²) in [5.41, 5.74) is -0.920. The quantitative estimate of drug-likeness (QED) is 0.583. The number of hydrogen-bond acceptors (Lipinski definition) is 6. The molecule has 4 atom stereocenters. The number of nitrogens with zero attached hydrogens (tertiary/aromatic N) is 2. The molecule has 2 rings (SSSR count). The Hall–Kier alpha value is -1.84. The van der Waals surface area contributed by atoms with Crippen LogP contribution in [0, 0.1) is 5.82 Å². The Morgan fingerprint density at radius 2 is 2.21 bits per heavy atom. The first-order valence-electron chi connectivity index (χ1n) is 5.46. The third-order valence-electron chi connectivity index (χ3n) is 2.85. The predicted octanol–water partition coefficient (Wildman–Crippen LogP) is -1.41. The second-order valence-electron chi connectivity index (χ2n) is 4.10. The van der Waals surface area contributed by atoms with Gasteiger partial charge in [0, 0.05) is 0 Å². The van der Waals surface area contributed by atoms with Gasteiger partial charge < -0.3 is 20.3 Å². The SMILES string of the molecule is C[C@H]1O[C@@H](n2cc(F)c(NC=O)nc2=O)C(O)C1O. The highest BCUT2D eigenvalue weighted by atomic mass is 19.1. The van der Waals surface area contributed by atoms with Crippen molar-refractivity contribution in [1.29, 1.82) is 0 Å². The third kappa shape index (κ3) is 2.35. The number of nitrogens with one attached hydrogen (secondary N) is 1. The summed E-state index contributed by atoms with van der Waals surface area (Å²) in [6, 6.07) is 0. The molecular weight excluding hydrogens is 261 g/mol. The standard InChI is InChI=1S/C10H12FN3O5/c1-4-6(16)7(17)9(19-4)14-2-5(11)8(12-3-15)13-10(14)18/h2-4,6-7,9,16-17H,1H3,(H,12,13,15,18)/t4-,6?,7?,9-/m1/s1. The van der Waals surface area contributed by atoms with Gasteiger partial charge in [0.2, 0.25) is 6.41 Å². The first-order chi connectivity index (χ1) is 8.95. The second-order valence-corrected chi connectivity index (χ2v) is 4.10. The van der Waals surface area contributed by atoms with Crippen molar-refractivity contribution in [2.24, 2.45) is 0 Å². The van der Waals surface area contributed by atoms with E-state index in [1.54, 1.807) is 0 Å². The fourth-order valence-electron chi connectivity index (χ4n) is 1.84. The molecular formula is C10H12FN3O5. The van der Waals surface area contributed by atoms with Gasteiger partial charge in [-0.15, -0.1) is 0 Å². The number of aliphatic hydroxyl groups excluding tert-OH is 2. The van der Waals surface area contributed by atoms with E-state index < -0.39 is 41.9 Å². The second kappa shape index (κ2) is 5.03. The Morgan fingerprint density at radius 3 is 2.74 bits per heavy atom. The number of ether oxygens (including phenoxy) is 1. The summed E-state index contributed by atoms with van der Waals surface area (Å²) in [6.07, 6.45) is -3.57. The van der Waals surface area contributed by atoms with Gasteiger partial charge in [0.1, 0.15) is 12.2 Å². The smallest absolute Gasteiger partial charge is 0.351 e. The molecule has 1 amide bonds. The largest absolute Gasteiger partial charge is 0.388 e. The lowest BCUT2D eigenvalue weighted by molar-refractivity contribution is -0.105. The number of carbonyl (C=O) groups is 1. The number of rotatable bonds is 3. The first-order valence-corrected chi connectivity index (χ1v) is 5.46. The van der Waals surface area contributed by atoms with Crippen LogP contribution in [0.1, 0.15) is 13.2 Å². The van der Waals surface area contributed by atoms with E-state index in [0.717, 1.165) is 10.8 Å². The van der Waals surface area contributed by atoms with Gasteiger partial charge in [-0.3, -0.25) is 9.36 Å². The average Bonchev–Trinajstić information content (AvgIpc) is 2.61. The maximum absolute atomic E-state index is 13.5. The lowest BCUT2D eigenvalue weighted by Gasteiger charge is -2.17. The van der Waals surface area contributed by atoms with Crippen LogP contribution in [-0.4, -0.2) is 44.5 Å². The van der Waals surface area contributed by atoms with Crippen LogP contribution in [0.3, 0.4) is 0 Å². The van der Waals surface area contributed by atoms with E-state index in [4.69, 9.17) is 4.74 Å². The molecule has 0 spiro atoms. The number of aromatic nitrogens is 2. The molecule has 1 saturated heterocycles. The number of anilines is 1. The van der Waals surface area contributed by atoms with E-state index >= 15 is 0 Å². The minimum absolute atomic E-state index is 0.182. The van der Waals surface area contributed by atoms with Gasteiger partial charge in [-0.05, 0) is 6.92 Å². The molecule has 0 aliphatic carbocycles. The van der Waals surface area contributed by atoms with Crippen molar-refractivity contribution in [2.45, 2.75) is 31.5 Å². The number of carbonyl (C=O) groups excluding carboxylic acids is 1. The molecule has 1 aliphatic heterocycles. The summed E-state index contributed by atoms with van der Waals surface area (Å²) in [5, 5.41) is 21.2. The normalized spacial score (nSPS) is 30.3. The van der Waals surface area contributed by atoms with Crippen molar-refractivity contribution < 1.29 is 24.1 Å². The van der Waals surface area contributed by atoms with Gasteiger partial charge in [0.15, 0.2) is 17.9 Å². The highest BCUT2D eigenvalue weighted by Crippen LogP contribution is 2.28. The van der Waals surface area contributed by atoms with Crippen LogP contribution >= 0.6 is 0 Å². The van der Waals surface area contributed by atoms with E-state index in [-0.39, 0.29) is 6.41 Å². The summed E-state index contributed by atoms with van der Waals surface area (Å²) < 4.78 is 19.4. The fourth-order valence-corrected chi connectivity index (χ4v) is 1.84. The minimum atomic E-state index is -1.38. The summed E-state index contributed by atoms with van der Waals surface area (Å²) in [5.74, 6) is -1.48. The van der Waals surface area contributed by atoms with Crippen LogP contribution in [0.2, 0.25) is 0 Å². The van der Waals surface area contributed by atoms with Crippen molar-refractivity contribution in [1.82, 2.24) is 9.55 Å². The van der Waals surface area contributed by atoms with Gasteiger partial charge >= 0.3 is 5.69 Å². The molecule has 3 N–H and O–H groups in total. The minimum Gasteiger partial charge on any atom is -0.388 e. The molecule has 0 radical (unpaired) electrons. The summed E-state index contributed by atoms with van der Waals surface area (Å²) in [7, 11) is 0. The zero-order valence-corrected chi connectivity index (χ0v) is 9.86. The zero-order valence-electron chi connectivity index (χ0n) is 9.86. The van der Waals surface area contributed by atoms with Gasteiger partial charge in [-0.25, -0.2) is 9.18 Å². The van der Waals surface area contributed by atoms with Crippen LogP contribution in [0.4, 0.5) is 10.2 Å². The number of aliphatic hydroxyl groups is 2. The topological polar surface area (TPSA) is 114 Å². The van der Waals surface area contributed by atoms with Gasteiger partial charge in [0.25, 0.3) is 0 Å². The molecule has 0 aromatic carbocycles. The fraction of sp³-hybridized carbons (Fsp3) is 0.500. The van der Waals surface area contributed by atoms with Crippen molar-refractivity contribution in [3.8, 4) is 0 Å². The first kappa shape index (κ1) is 13.6. The monoisotopic (exact) mass is 273 g/mol. The summed E-state index contributed by atoms with van der Waals surface area (Å²) in [4.78, 5) is 25.2. The van der Waals surface area contributed by atoms with Crippen molar-refractivity contribution in [3.63, 3.8) is 0 Å². The molecule has 0 saturated carbocycles. The molecule has 19 heavy (non-hydrogen) atoms. The van der Waals surface area contributed by atoms with E-state index in [2.05, 4.69) is 4.98 Å². The molecule has 2 heterocycles. The Morgan fingerprint density at radius 1 is 1.53 bits per heavy atom. The van der Waals surface area contributed by atoms with Crippen LogP contribution < -0.4 is 11.0 Å². The molecule has 0 bridgehead atoms. The molecule has 8 nitrogen and oxygen atoms in total. The maximum atomic E-state index is 13.5. The van der Waals surface area contributed by atoms with Gasteiger partial charge in [-0.1, -0.05) is 0 Å². The average molecular weight is 273 g/mol. The van der Waals surface area contributed by atoms with Crippen molar-refractivity contribution >= 4 is 12.2 Å². The van der Waals surface area contributed by atoms with Gasteiger partial charge in [-0.2, -0.15) is 4.98 Å². The summed E-state index contributed by atoms with van der Waals surface area (Å²) in [6.45, 7) is 1.50. The maximum Gasteiger partial charge on any atom is 0.351 e. The number of amides is 1. The van der Waals surface area contributed by atoms with Crippen molar-refractivity contribution in [2.75, 3.05) is 5.32 Å². The van der Waals surface area contributed by atoms with E-state index in [9.17, 15) is 24.2 Å². The van der Waals surface area contributed by atoms with Crippen molar-refractivity contribution in [3.05, 3.63) is 22.5 Å². The zero-order chi connectivity index (χ0) is 14.2. The van der Waals surface area contributed by atoms with Crippen LogP contribution in [0.5, 0.6) is 0 Å². The molecule has 1 aliphatic rings. The molecule has 1 aromatic heterocycles. The Bertz CT molecular complexity index is 548. The Balaban J connectivity index is 2.39. The number of hydrogen-bond donors (Lipinski definition) is 3. The lowest BCUT2D eigenvalue weighted by Crippen LogP contribution is -2.35. The van der Waals surface area contributed by atoms with Crippen LogP contribution in [-0.2, 0) is 9.53 Å².